The van der Waals surface area contributed by atoms with E-state index in [-0.39, 0.29) is 5.39 Å². The first-order chi connectivity index (χ1) is 8.71. The van der Waals surface area contributed by atoms with Crippen molar-refractivity contribution in [3.63, 3.8) is 0 Å². The Balaban J connectivity index is 2.46. The first kappa shape index (κ1) is 13.6. The van der Waals surface area contributed by atoms with E-state index in [0.29, 0.717) is 5.39 Å². The van der Waals surface area contributed by atoms with Crippen LogP contribution in [0.2, 0.25) is 0 Å². The summed E-state index contributed by atoms with van der Waals surface area (Å²) in [5.41, 5.74) is -5.53. The molecule has 0 unspecified atom stereocenters. The Hall–Kier alpha value is -1.83. The van der Waals surface area contributed by atoms with Crippen LogP contribution in [0.1, 0.15) is 0 Å². The molecule has 102 valence electrons. The molecule has 0 amide bonds. The number of alkyl halides is 3. The Morgan fingerprint density at radius 1 is 1.05 bits per heavy atom. The fourth-order valence-electron chi connectivity index (χ4n) is 1.44. The van der Waals surface area contributed by atoms with Crippen molar-refractivity contribution < 1.29 is 30.2 Å². The molecule has 3 nitrogen and oxygen atoms in total. The van der Waals surface area contributed by atoms with Crippen molar-refractivity contribution in [1.29, 1.82) is 0 Å². The van der Waals surface area contributed by atoms with Gasteiger partial charge in [0, 0.05) is 5.39 Å². The molecule has 0 fully saturated rings. The van der Waals surface area contributed by atoms with E-state index in [1.807, 2.05) is 0 Å². The van der Waals surface area contributed by atoms with E-state index in [1.54, 1.807) is 0 Å². The fourth-order valence-corrected chi connectivity index (χ4v) is 1.89. The van der Waals surface area contributed by atoms with Gasteiger partial charge in [-0.25, -0.2) is 4.39 Å². The third kappa shape index (κ3) is 2.62. The molecule has 0 radical (unpaired) electrons. The summed E-state index contributed by atoms with van der Waals surface area (Å²) in [5.74, 6) is -1.29. The lowest BCUT2D eigenvalue weighted by atomic mass is 10.1. The van der Waals surface area contributed by atoms with Gasteiger partial charge in [-0.3, -0.25) is 0 Å². The molecule has 8 heteroatoms. The normalized spacial score (nSPS) is 12.6. The Morgan fingerprint density at radius 2 is 1.74 bits per heavy atom. The average molecular weight is 294 g/mol. The lowest BCUT2D eigenvalue weighted by Crippen LogP contribution is -2.28. The highest BCUT2D eigenvalue weighted by Gasteiger charge is 2.48. The molecule has 0 aliphatic carbocycles. The van der Waals surface area contributed by atoms with Crippen LogP contribution >= 0.6 is 0 Å². The Labute approximate surface area is 105 Å². The van der Waals surface area contributed by atoms with Crippen LogP contribution in [-0.2, 0) is 10.1 Å². The number of hydrogen-bond acceptors (Lipinski definition) is 3. The molecule has 2 aromatic rings. The van der Waals surface area contributed by atoms with Crippen molar-refractivity contribution in [2.75, 3.05) is 0 Å². The van der Waals surface area contributed by atoms with Gasteiger partial charge < -0.3 is 4.18 Å². The molecule has 0 aromatic heterocycles. The highest BCUT2D eigenvalue weighted by molar-refractivity contribution is 7.88. The molecule has 0 aliphatic heterocycles. The van der Waals surface area contributed by atoms with Crippen molar-refractivity contribution in [3.8, 4) is 5.75 Å². The van der Waals surface area contributed by atoms with Gasteiger partial charge in [0.05, 0.1) is 0 Å². The smallest absolute Gasteiger partial charge is 0.376 e. The minimum atomic E-state index is -5.75. The van der Waals surface area contributed by atoms with Gasteiger partial charge in [0.25, 0.3) is 0 Å². The summed E-state index contributed by atoms with van der Waals surface area (Å²) in [6.07, 6.45) is 0. The van der Waals surface area contributed by atoms with E-state index in [1.165, 1.54) is 18.2 Å². The lowest BCUT2D eigenvalue weighted by molar-refractivity contribution is -0.0500. The second kappa shape index (κ2) is 4.37. The standard InChI is InChI=1S/C11H6F4O3S/c12-10-3-1-2-7-4-5-8(6-9(7)10)18-19(16,17)11(13,14)15/h1-6H. The lowest BCUT2D eigenvalue weighted by Gasteiger charge is -2.10. The minimum absolute atomic E-state index is 0.0302. The van der Waals surface area contributed by atoms with Crippen LogP contribution in [0.15, 0.2) is 36.4 Å². The van der Waals surface area contributed by atoms with Crippen molar-refractivity contribution >= 4 is 20.9 Å². The summed E-state index contributed by atoms with van der Waals surface area (Å²) >= 11 is 0. The zero-order valence-corrected chi connectivity index (χ0v) is 9.93. The van der Waals surface area contributed by atoms with Gasteiger partial charge in [-0.05, 0) is 23.6 Å². The number of fused-ring (bicyclic) bond motifs is 1. The van der Waals surface area contributed by atoms with E-state index in [0.717, 1.165) is 18.2 Å². The maximum absolute atomic E-state index is 13.4. The van der Waals surface area contributed by atoms with Crippen LogP contribution in [-0.4, -0.2) is 13.9 Å². The molecule has 19 heavy (non-hydrogen) atoms. The number of hydrogen-bond donors (Lipinski definition) is 0. The predicted molar refractivity (Wildman–Crippen MR) is 59.5 cm³/mol. The fraction of sp³-hybridized carbons (Fsp3) is 0.0909. The van der Waals surface area contributed by atoms with Gasteiger partial charge in [-0.15, -0.1) is 0 Å². The zero-order valence-electron chi connectivity index (χ0n) is 9.11. The molecule has 0 saturated carbocycles. The highest BCUT2D eigenvalue weighted by atomic mass is 32.2. The first-order valence-corrected chi connectivity index (χ1v) is 6.30. The molecule has 0 atom stereocenters. The van der Waals surface area contributed by atoms with Gasteiger partial charge in [0.15, 0.2) is 0 Å². The Bertz CT molecular complexity index is 722. The molecule has 0 aliphatic rings. The van der Waals surface area contributed by atoms with Crippen molar-refractivity contribution in [1.82, 2.24) is 0 Å². The summed E-state index contributed by atoms with van der Waals surface area (Å²) in [4.78, 5) is 0. The van der Waals surface area contributed by atoms with Crippen LogP contribution in [0.25, 0.3) is 10.8 Å². The quantitative estimate of drug-likeness (QED) is 0.485. The third-order valence-corrected chi connectivity index (χ3v) is 3.27. The van der Waals surface area contributed by atoms with Gasteiger partial charge >= 0.3 is 15.6 Å². The van der Waals surface area contributed by atoms with E-state index in [9.17, 15) is 26.0 Å². The second-order valence-electron chi connectivity index (χ2n) is 3.61. The highest BCUT2D eigenvalue weighted by Crippen LogP contribution is 2.29. The van der Waals surface area contributed by atoms with Gasteiger partial charge in [-0.1, -0.05) is 18.2 Å². The summed E-state index contributed by atoms with van der Waals surface area (Å²) in [7, 11) is -5.75. The summed E-state index contributed by atoms with van der Waals surface area (Å²) in [6.45, 7) is 0. The molecule has 0 N–H and O–H groups in total. The molecule has 0 heterocycles. The van der Waals surface area contributed by atoms with Gasteiger partial charge in [-0.2, -0.15) is 21.6 Å². The van der Waals surface area contributed by atoms with E-state index in [4.69, 9.17) is 0 Å². The number of rotatable bonds is 2. The molecular weight excluding hydrogens is 288 g/mol. The van der Waals surface area contributed by atoms with E-state index in [2.05, 4.69) is 4.18 Å². The summed E-state index contributed by atoms with van der Waals surface area (Å²) in [5, 5.41) is 0.383. The minimum Gasteiger partial charge on any atom is -0.376 e. The average Bonchev–Trinajstić information content (AvgIpc) is 2.28. The zero-order chi connectivity index (χ0) is 14.3. The predicted octanol–water partition coefficient (Wildman–Crippen LogP) is 3.21. The van der Waals surface area contributed by atoms with Gasteiger partial charge in [0.1, 0.15) is 11.6 Å². The van der Waals surface area contributed by atoms with Crippen LogP contribution < -0.4 is 4.18 Å². The number of halogens is 4. The van der Waals surface area contributed by atoms with Crippen molar-refractivity contribution in [3.05, 3.63) is 42.2 Å². The molecule has 0 bridgehead atoms. The second-order valence-corrected chi connectivity index (χ2v) is 5.14. The largest absolute Gasteiger partial charge is 0.534 e. The first-order valence-electron chi connectivity index (χ1n) is 4.90. The van der Waals surface area contributed by atoms with E-state index >= 15 is 0 Å². The SMILES string of the molecule is O=S(=O)(Oc1ccc2cccc(F)c2c1)C(F)(F)F. The third-order valence-electron chi connectivity index (χ3n) is 2.29. The van der Waals surface area contributed by atoms with Crippen LogP contribution in [0, 0.1) is 5.82 Å². The molecule has 2 aromatic carbocycles. The molecule has 2 rings (SSSR count). The van der Waals surface area contributed by atoms with E-state index < -0.39 is 27.2 Å². The Morgan fingerprint density at radius 3 is 2.37 bits per heavy atom. The molecule has 0 spiro atoms. The van der Waals surface area contributed by atoms with Crippen molar-refractivity contribution in [2.45, 2.75) is 5.51 Å². The summed E-state index contributed by atoms with van der Waals surface area (Å²) in [6, 6.07) is 7.23. The van der Waals surface area contributed by atoms with Gasteiger partial charge in [0.2, 0.25) is 0 Å². The topological polar surface area (TPSA) is 43.4 Å². The summed E-state index contributed by atoms with van der Waals surface area (Å²) < 4.78 is 75.3. The molecule has 0 saturated heterocycles. The monoisotopic (exact) mass is 294 g/mol. The van der Waals surface area contributed by atoms with Crippen LogP contribution in [0.5, 0.6) is 5.75 Å². The van der Waals surface area contributed by atoms with Crippen molar-refractivity contribution in [2.24, 2.45) is 0 Å². The molecular formula is C11H6F4O3S. The Kier molecular flexibility index (Phi) is 3.13. The maximum Gasteiger partial charge on any atom is 0.534 e. The van der Waals surface area contributed by atoms with Crippen LogP contribution in [0.4, 0.5) is 17.6 Å². The van der Waals surface area contributed by atoms with Crippen LogP contribution in [0.3, 0.4) is 0 Å². The number of benzene rings is 2. The maximum atomic E-state index is 13.4.